The molecule has 13 heavy (non-hydrogen) atoms. The number of aliphatic carboxylic acids is 1. The first-order valence-electron chi connectivity index (χ1n) is 4.92. The quantitative estimate of drug-likeness (QED) is 0.678. The number of carbonyl (C=O) groups excluding carboxylic acids is 1. The lowest BCUT2D eigenvalue weighted by Gasteiger charge is -2.26. The van der Waals surface area contributed by atoms with E-state index in [4.69, 9.17) is 5.11 Å². The van der Waals surface area contributed by atoms with Gasteiger partial charge in [-0.05, 0) is 18.8 Å². The van der Waals surface area contributed by atoms with Crippen molar-refractivity contribution in [3.63, 3.8) is 0 Å². The lowest BCUT2D eigenvalue weighted by atomic mass is 9.79. The summed E-state index contributed by atoms with van der Waals surface area (Å²) in [5.41, 5.74) is 0. The van der Waals surface area contributed by atoms with E-state index in [1.54, 1.807) is 0 Å². The molecule has 0 saturated heterocycles. The molecular formula is C10H16O3. The van der Waals surface area contributed by atoms with Gasteiger partial charge in [0.1, 0.15) is 6.29 Å². The van der Waals surface area contributed by atoms with Crippen LogP contribution in [-0.2, 0) is 9.59 Å². The monoisotopic (exact) mass is 184 g/mol. The summed E-state index contributed by atoms with van der Waals surface area (Å²) in [6.07, 6.45) is 6.31. The van der Waals surface area contributed by atoms with Crippen molar-refractivity contribution in [1.82, 2.24) is 0 Å². The Morgan fingerprint density at radius 1 is 1.38 bits per heavy atom. The predicted octanol–water partition coefficient (Wildman–Crippen LogP) is 1.86. The lowest BCUT2D eigenvalue weighted by molar-refractivity contribution is -0.145. The van der Waals surface area contributed by atoms with Crippen LogP contribution in [0.25, 0.3) is 0 Å². The van der Waals surface area contributed by atoms with Crippen molar-refractivity contribution < 1.29 is 14.7 Å². The smallest absolute Gasteiger partial charge is 0.307 e. The Morgan fingerprint density at radius 2 is 2.00 bits per heavy atom. The fourth-order valence-electron chi connectivity index (χ4n) is 2.14. The van der Waals surface area contributed by atoms with Crippen LogP contribution < -0.4 is 0 Å². The van der Waals surface area contributed by atoms with Gasteiger partial charge >= 0.3 is 5.97 Å². The fraction of sp³-hybridized carbons (Fsp3) is 0.800. The van der Waals surface area contributed by atoms with Crippen molar-refractivity contribution in [2.75, 3.05) is 0 Å². The van der Waals surface area contributed by atoms with Gasteiger partial charge in [-0.15, -0.1) is 0 Å². The Labute approximate surface area is 78.1 Å². The summed E-state index contributed by atoms with van der Waals surface area (Å²) in [5, 5.41) is 8.90. The van der Waals surface area contributed by atoms with Gasteiger partial charge in [-0.25, -0.2) is 0 Å². The zero-order valence-electron chi connectivity index (χ0n) is 7.74. The maximum atomic E-state index is 10.8. The Morgan fingerprint density at radius 3 is 2.46 bits per heavy atom. The van der Waals surface area contributed by atoms with Crippen LogP contribution in [0.4, 0.5) is 0 Å². The number of hydrogen-bond donors (Lipinski definition) is 1. The van der Waals surface area contributed by atoms with Gasteiger partial charge in [0.05, 0.1) is 5.92 Å². The van der Waals surface area contributed by atoms with E-state index in [0.717, 1.165) is 32.0 Å². The van der Waals surface area contributed by atoms with Crippen LogP contribution in [-0.4, -0.2) is 17.4 Å². The first-order valence-corrected chi connectivity index (χ1v) is 4.92. The van der Waals surface area contributed by atoms with Gasteiger partial charge in [-0.2, -0.15) is 0 Å². The third-order valence-corrected chi connectivity index (χ3v) is 2.89. The Bertz CT molecular complexity index is 183. The van der Waals surface area contributed by atoms with Gasteiger partial charge in [-0.3, -0.25) is 4.79 Å². The van der Waals surface area contributed by atoms with E-state index >= 15 is 0 Å². The fourth-order valence-corrected chi connectivity index (χ4v) is 2.14. The second-order valence-corrected chi connectivity index (χ2v) is 3.75. The van der Waals surface area contributed by atoms with Crippen molar-refractivity contribution in [2.45, 2.75) is 38.5 Å². The predicted molar refractivity (Wildman–Crippen MR) is 48.4 cm³/mol. The van der Waals surface area contributed by atoms with Crippen LogP contribution in [0.5, 0.6) is 0 Å². The van der Waals surface area contributed by atoms with E-state index in [2.05, 4.69) is 0 Å². The zero-order chi connectivity index (χ0) is 9.68. The topological polar surface area (TPSA) is 54.4 Å². The Balaban J connectivity index is 2.51. The van der Waals surface area contributed by atoms with Crippen LogP contribution in [0.15, 0.2) is 0 Å². The molecule has 0 aliphatic heterocycles. The first-order chi connectivity index (χ1) is 6.25. The van der Waals surface area contributed by atoms with Crippen LogP contribution in [0.2, 0.25) is 0 Å². The normalized spacial score (nSPS) is 20.9. The minimum absolute atomic E-state index is 0.181. The molecule has 1 aliphatic carbocycles. The largest absolute Gasteiger partial charge is 0.481 e. The molecule has 74 valence electrons. The minimum Gasteiger partial charge on any atom is -0.481 e. The highest BCUT2D eigenvalue weighted by Crippen LogP contribution is 2.31. The van der Waals surface area contributed by atoms with Crippen LogP contribution in [0, 0.1) is 11.8 Å². The molecule has 0 radical (unpaired) electrons. The number of aldehydes is 1. The number of carboxylic acids is 1. The van der Waals surface area contributed by atoms with Gasteiger partial charge < -0.3 is 9.90 Å². The van der Waals surface area contributed by atoms with Crippen molar-refractivity contribution in [3.05, 3.63) is 0 Å². The number of hydrogen-bond acceptors (Lipinski definition) is 2. The zero-order valence-corrected chi connectivity index (χ0v) is 7.74. The highest BCUT2D eigenvalue weighted by molar-refractivity contribution is 5.73. The SMILES string of the molecule is O=CC[C@H](C(=O)O)C1CCCCC1. The molecule has 0 aromatic carbocycles. The maximum absolute atomic E-state index is 10.8. The summed E-state index contributed by atoms with van der Waals surface area (Å²) in [6, 6.07) is 0. The number of rotatable bonds is 4. The molecule has 3 heteroatoms. The third kappa shape index (κ3) is 2.83. The van der Waals surface area contributed by atoms with E-state index in [0.29, 0.717) is 0 Å². The van der Waals surface area contributed by atoms with Gasteiger partial charge in [0, 0.05) is 6.42 Å². The molecule has 0 aromatic rings. The number of carbonyl (C=O) groups is 2. The minimum atomic E-state index is -0.806. The summed E-state index contributed by atoms with van der Waals surface area (Å²) in [7, 11) is 0. The number of carboxylic acid groups (broad SMARTS) is 1. The van der Waals surface area contributed by atoms with Gasteiger partial charge in [0.25, 0.3) is 0 Å². The van der Waals surface area contributed by atoms with E-state index in [1.165, 1.54) is 6.42 Å². The molecule has 0 bridgehead atoms. The van der Waals surface area contributed by atoms with E-state index in [1.807, 2.05) is 0 Å². The standard InChI is InChI=1S/C10H16O3/c11-7-6-9(10(12)13)8-4-2-1-3-5-8/h7-9H,1-6H2,(H,12,13)/t9-/m0/s1. The highest BCUT2D eigenvalue weighted by Gasteiger charge is 2.28. The van der Waals surface area contributed by atoms with E-state index < -0.39 is 11.9 Å². The third-order valence-electron chi connectivity index (χ3n) is 2.89. The molecule has 0 unspecified atom stereocenters. The Kier molecular flexibility index (Phi) is 3.93. The molecule has 0 spiro atoms. The van der Waals surface area contributed by atoms with Gasteiger partial charge in [-0.1, -0.05) is 19.3 Å². The van der Waals surface area contributed by atoms with Gasteiger partial charge in [0.2, 0.25) is 0 Å². The average molecular weight is 184 g/mol. The molecule has 3 nitrogen and oxygen atoms in total. The summed E-state index contributed by atoms with van der Waals surface area (Å²) in [6.45, 7) is 0. The molecule has 1 aliphatic rings. The first kappa shape index (κ1) is 10.2. The average Bonchev–Trinajstić information content (AvgIpc) is 2.15. The summed E-state index contributed by atoms with van der Waals surface area (Å²) in [4.78, 5) is 21.1. The highest BCUT2D eigenvalue weighted by atomic mass is 16.4. The van der Waals surface area contributed by atoms with E-state index in [-0.39, 0.29) is 12.3 Å². The molecule has 0 amide bonds. The summed E-state index contributed by atoms with van der Waals surface area (Å²) in [5.74, 6) is -1.01. The van der Waals surface area contributed by atoms with Crippen LogP contribution >= 0.6 is 0 Å². The molecule has 1 N–H and O–H groups in total. The van der Waals surface area contributed by atoms with Crippen molar-refractivity contribution in [2.24, 2.45) is 11.8 Å². The lowest BCUT2D eigenvalue weighted by Crippen LogP contribution is -2.25. The van der Waals surface area contributed by atoms with Gasteiger partial charge in [0.15, 0.2) is 0 Å². The second-order valence-electron chi connectivity index (χ2n) is 3.75. The summed E-state index contributed by atoms with van der Waals surface area (Å²) < 4.78 is 0. The molecule has 1 rings (SSSR count). The summed E-state index contributed by atoms with van der Waals surface area (Å²) >= 11 is 0. The molecule has 1 saturated carbocycles. The van der Waals surface area contributed by atoms with Crippen LogP contribution in [0.1, 0.15) is 38.5 Å². The van der Waals surface area contributed by atoms with Crippen LogP contribution in [0.3, 0.4) is 0 Å². The van der Waals surface area contributed by atoms with Crippen molar-refractivity contribution >= 4 is 12.3 Å². The second kappa shape index (κ2) is 5.00. The van der Waals surface area contributed by atoms with Crippen molar-refractivity contribution in [3.8, 4) is 0 Å². The molecule has 0 aromatic heterocycles. The molecular weight excluding hydrogens is 168 g/mol. The van der Waals surface area contributed by atoms with Crippen molar-refractivity contribution in [1.29, 1.82) is 0 Å². The molecule has 0 heterocycles. The van der Waals surface area contributed by atoms with E-state index in [9.17, 15) is 9.59 Å². The maximum Gasteiger partial charge on any atom is 0.307 e. The Hall–Kier alpha value is -0.860. The molecule has 1 fully saturated rings. The molecule has 1 atom stereocenters.